The summed E-state index contributed by atoms with van der Waals surface area (Å²) in [7, 11) is 0. The molecule has 2 nitrogen and oxygen atoms in total. The fraction of sp³-hybridized carbons (Fsp3) is 0.462. The molecule has 0 spiro atoms. The molecule has 0 bridgehead atoms. The minimum absolute atomic E-state index is 0.0405. The number of amides is 1. The highest BCUT2D eigenvalue weighted by Crippen LogP contribution is 2.16. The average molecular weight is 207 g/mol. The number of nitrogens with one attached hydrogen (secondary N) is 1. The maximum absolute atomic E-state index is 11.5. The molecular weight excluding hydrogens is 186 g/mol. The van der Waals surface area contributed by atoms with Gasteiger partial charge in [-0.05, 0) is 12.1 Å². The molecule has 0 fully saturated rings. The summed E-state index contributed by atoms with van der Waals surface area (Å²) < 4.78 is 0. The third-order valence-electron chi connectivity index (χ3n) is 1.71. The van der Waals surface area contributed by atoms with Gasteiger partial charge in [-0.25, -0.2) is 0 Å². The van der Waals surface area contributed by atoms with E-state index in [-0.39, 0.29) is 11.3 Å². The Morgan fingerprint density at radius 1 is 1.07 bits per heavy atom. The first kappa shape index (κ1) is 13.7. The Morgan fingerprint density at radius 2 is 1.53 bits per heavy atom. The number of para-hydroxylation sites is 1. The van der Waals surface area contributed by atoms with Gasteiger partial charge < -0.3 is 5.32 Å². The van der Waals surface area contributed by atoms with Crippen molar-refractivity contribution in [3.63, 3.8) is 0 Å². The van der Waals surface area contributed by atoms with Crippen molar-refractivity contribution < 1.29 is 4.79 Å². The second kappa shape index (κ2) is 6.23. The molecular formula is C13H21NO. The van der Waals surface area contributed by atoms with Crippen molar-refractivity contribution in [2.45, 2.75) is 34.6 Å². The minimum Gasteiger partial charge on any atom is -0.326 e. The van der Waals surface area contributed by atoms with Crippen LogP contribution in [0.1, 0.15) is 34.6 Å². The molecule has 0 heterocycles. The highest BCUT2D eigenvalue weighted by molar-refractivity contribution is 5.94. The Balaban J connectivity index is 0.000000921. The molecule has 2 heteroatoms. The molecule has 1 aromatic carbocycles. The van der Waals surface area contributed by atoms with Gasteiger partial charge in [-0.2, -0.15) is 0 Å². The summed E-state index contributed by atoms with van der Waals surface area (Å²) in [6.45, 7) is 9.68. The largest absolute Gasteiger partial charge is 0.326 e. The Labute approximate surface area is 92.7 Å². The summed E-state index contributed by atoms with van der Waals surface area (Å²) in [5, 5.41) is 2.84. The van der Waals surface area contributed by atoms with E-state index in [1.165, 1.54) is 0 Å². The maximum atomic E-state index is 11.5. The third kappa shape index (κ3) is 5.21. The van der Waals surface area contributed by atoms with Crippen LogP contribution in [-0.2, 0) is 4.79 Å². The predicted octanol–water partition coefficient (Wildman–Crippen LogP) is 3.70. The van der Waals surface area contributed by atoms with Gasteiger partial charge in [0.2, 0.25) is 5.91 Å². The fourth-order valence-corrected chi connectivity index (χ4v) is 0.840. The van der Waals surface area contributed by atoms with E-state index in [0.717, 1.165) is 5.69 Å². The lowest BCUT2D eigenvalue weighted by Crippen LogP contribution is -2.27. The quantitative estimate of drug-likeness (QED) is 0.747. The summed E-state index contributed by atoms with van der Waals surface area (Å²) >= 11 is 0. The van der Waals surface area contributed by atoms with E-state index >= 15 is 0 Å². The molecule has 0 aliphatic heterocycles. The van der Waals surface area contributed by atoms with Gasteiger partial charge in [0.15, 0.2) is 0 Å². The van der Waals surface area contributed by atoms with Crippen LogP contribution in [0.2, 0.25) is 0 Å². The number of benzene rings is 1. The molecule has 0 aliphatic rings. The van der Waals surface area contributed by atoms with Crippen molar-refractivity contribution in [3.8, 4) is 0 Å². The number of hydrogen-bond acceptors (Lipinski definition) is 1. The van der Waals surface area contributed by atoms with Gasteiger partial charge in [0.1, 0.15) is 0 Å². The lowest BCUT2D eigenvalue weighted by Gasteiger charge is -2.17. The molecule has 0 atom stereocenters. The van der Waals surface area contributed by atoms with Gasteiger partial charge in [-0.15, -0.1) is 0 Å². The topological polar surface area (TPSA) is 29.1 Å². The van der Waals surface area contributed by atoms with E-state index in [9.17, 15) is 4.79 Å². The summed E-state index contributed by atoms with van der Waals surface area (Å²) in [5.74, 6) is 0.0405. The van der Waals surface area contributed by atoms with Gasteiger partial charge in [-0.1, -0.05) is 52.8 Å². The van der Waals surface area contributed by atoms with Crippen LogP contribution in [-0.4, -0.2) is 5.91 Å². The molecule has 0 radical (unpaired) electrons. The van der Waals surface area contributed by atoms with Crippen molar-refractivity contribution in [3.05, 3.63) is 30.3 Å². The van der Waals surface area contributed by atoms with E-state index < -0.39 is 0 Å². The van der Waals surface area contributed by atoms with Crippen LogP contribution in [0.3, 0.4) is 0 Å². The minimum atomic E-state index is -0.337. The first-order chi connectivity index (χ1) is 7.00. The second-order valence-corrected chi connectivity index (χ2v) is 4.07. The molecule has 15 heavy (non-hydrogen) atoms. The Morgan fingerprint density at radius 3 is 1.93 bits per heavy atom. The van der Waals surface area contributed by atoms with Gasteiger partial charge >= 0.3 is 0 Å². The van der Waals surface area contributed by atoms with E-state index in [1.54, 1.807) is 0 Å². The summed E-state index contributed by atoms with van der Waals surface area (Å²) in [6.07, 6.45) is 0. The molecule has 1 aromatic rings. The lowest BCUT2D eigenvalue weighted by molar-refractivity contribution is -0.123. The Kier molecular flexibility index (Phi) is 5.68. The van der Waals surface area contributed by atoms with Crippen LogP contribution in [0.4, 0.5) is 5.69 Å². The van der Waals surface area contributed by atoms with E-state index in [2.05, 4.69) is 5.32 Å². The van der Waals surface area contributed by atoms with Gasteiger partial charge in [0.05, 0.1) is 0 Å². The predicted molar refractivity (Wildman–Crippen MR) is 65.9 cm³/mol. The lowest BCUT2D eigenvalue weighted by atomic mass is 9.95. The van der Waals surface area contributed by atoms with Crippen molar-refractivity contribution in [2.75, 3.05) is 5.32 Å². The zero-order valence-electron chi connectivity index (χ0n) is 10.3. The molecule has 1 amide bonds. The number of carbonyl (C=O) groups excluding carboxylic acids is 1. The van der Waals surface area contributed by atoms with Gasteiger partial charge in [0.25, 0.3) is 0 Å². The van der Waals surface area contributed by atoms with Crippen LogP contribution in [0.15, 0.2) is 30.3 Å². The van der Waals surface area contributed by atoms with Crippen molar-refractivity contribution in [2.24, 2.45) is 5.41 Å². The summed E-state index contributed by atoms with van der Waals surface area (Å²) in [6, 6.07) is 9.48. The van der Waals surface area contributed by atoms with E-state index in [0.29, 0.717) is 0 Å². The highest BCUT2D eigenvalue weighted by atomic mass is 16.2. The maximum Gasteiger partial charge on any atom is 0.229 e. The molecule has 0 aliphatic carbocycles. The highest BCUT2D eigenvalue weighted by Gasteiger charge is 2.20. The molecule has 0 unspecified atom stereocenters. The fourth-order valence-electron chi connectivity index (χ4n) is 0.840. The van der Waals surface area contributed by atoms with Gasteiger partial charge in [-0.3, -0.25) is 4.79 Å². The number of anilines is 1. The van der Waals surface area contributed by atoms with Crippen LogP contribution >= 0.6 is 0 Å². The first-order valence-electron chi connectivity index (χ1n) is 5.36. The monoisotopic (exact) mass is 207 g/mol. The normalized spacial score (nSPS) is 9.93. The zero-order chi connectivity index (χ0) is 11.9. The smallest absolute Gasteiger partial charge is 0.229 e. The number of carbonyl (C=O) groups is 1. The molecule has 0 aromatic heterocycles. The molecule has 84 valence electrons. The molecule has 1 rings (SSSR count). The average Bonchev–Trinajstić information content (AvgIpc) is 2.21. The number of hydrogen-bond donors (Lipinski definition) is 1. The standard InChI is InChI=1S/C11H15NO.C2H6/c1-11(2,3)10(13)12-9-7-5-4-6-8-9;1-2/h4-8H,1-3H3,(H,12,13);1-2H3. The molecule has 0 saturated carbocycles. The van der Waals surface area contributed by atoms with Crippen molar-refractivity contribution in [1.29, 1.82) is 0 Å². The first-order valence-corrected chi connectivity index (χ1v) is 5.36. The third-order valence-corrected chi connectivity index (χ3v) is 1.71. The second-order valence-electron chi connectivity index (χ2n) is 4.07. The van der Waals surface area contributed by atoms with E-state index in [1.807, 2.05) is 65.0 Å². The van der Waals surface area contributed by atoms with Gasteiger partial charge in [0, 0.05) is 11.1 Å². The number of rotatable bonds is 1. The molecule has 0 saturated heterocycles. The van der Waals surface area contributed by atoms with Crippen LogP contribution < -0.4 is 5.32 Å². The summed E-state index contributed by atoms with van der Waals surface area (Å²) in [5.41, 5.74) is 0.512. The van der Waals surface area contributed by atoms with Crippen LogP contribution in [0.5, 0.6) is 0 Å². The molecule has 1 N–H and O–H groups in total. The Hall–Kier alpha value is -1.31. The van der Waals surface area contributed by atoms with Crippen LogP contribution in [0.25, 0.3) is 0 Å². The van der Waals surface area contributed by atoms with Crippen LogP contribution in [0, 0.1) is 5.41 Å². The van der Waals surface area contributed by atoms with Crippen molar-refractivity contribution in [1.82, 2.24) is 0 Å². The Bertz CT molecular complexity index is 285. The zero-order valence-corrected chi connectivity index (χ0v) is 10.3. The van der Waals surface area contributed by atoms with Crippen molar-refractivity contribution >= 4 is 11.6 Å². The summed E-state index contributed by atoms with van der Waals surface area (Å²) in [4.78, 5) is 11.5. The van der Waals surface area contributed by atoms with E-state index in [4.69, 9.17) is 0 Å². The SMILES string of the molecule is CC.CC(C)(C)C(=O)Nc1ccccc1.